The van der Waals surface area contributed by atoms with Crippen LogP contribution in [0.25, 0.3) is 0 Å². The summed E-state index contributed by atoms with van der Waals surface area (Å²) in [4.78, 5) is 25.6. The molecule has 2 heterocycles. The fourth-order valence-electron chi connectivity index (χ4n) is 3.95. The molecule has 2 aromatic rings. The van der Waals surface area contributed by atoms with Crippen molar-refractivity contribution in [3.63, 3.8) is 0 Å². The van der Waals surface area contributed by atoms with Crippen LogP contribution in [0.4, 0.5) is 14.5 Å². The number of piperazine rings is 1. The van der Waals surface area contributed by atoms with Crippen molar-refractivity contribution in [1.82, 2.24) is 9.21 Å². The van der Waals surface area contributed by atoms with Crippen LogP contribution in [0.15, 0.2) is 58.5 Å². The number of hydrazone groups is 1. The van der Waals surface area contributed by atoms with Crippen LogP contribution < -0.4 is 5.01 Å². The Labute approximate surface area is 190 Å². The molecule has 1 atom stereocenters. The van der Waals surface area contributed by atoms with Gasteiger partial charge in [0.15, 0.2) is 10.7 Å². The molecule has 1 fully saturated rings. The minimum absolute atomic E-state index is 0.0310. The molecule has 0 aromatic heterocycles. The van der Waals surface area contributed by atoms with Gasteiger partial charge in [-0.15, -0.1) is 0 Å². The maximum Gasteiger partial charge on any atom is 0.270 e. The predicted octanol–water partition coefficient (Wildman–Crippen LogP) is 2.02. The van der Waals surface area contributed by atoms with Crippen molar-refractivity contribution in [2.45, 2.75) is 24.3 Å². The average molecular weight is 477 g/mol. The standard InChI is InChI=1S/C22H22F2N4O4S/c1-15(29)20-14-19(25-28(20)16-6-3-2-4-7-16)22(30)26-10-12-27(13-11-26)33(31,32)21-17(23)8-5-9-18(21)24/h2-9,20H,10-14H2,1H3. The van der Waals surface area contributed by atoms with Crippen LogP contribution in [-0.4, -0.2) is 67.2 Å². The molecular formula is C22H22F2N4O4S. The summed E-state index contributed by atoms with van der Waals surface area (Å²) in [6.07, 6.45) is 0.141. The van der Waals surface area contributed by atoms with Crippen molar-refractivity contribution < 1.29 is 26.8 Å². The quantitative estimate of drug-likeness (QED) is 0.659. The van der Waals surface area contributed by atoms with Crippen LogP contribution in [0.5, 0.6) is 0 Å². The van der Waals surface area contributed by atoms with Crippen LogP contribution in [0.3, 0.4) is 0 Å². The number of anilines is 1. The van der Waals surface area contributed by atoms with Gasteiger partial charge in [0.25, 0.3) is 5.91 Å². The molecule has 2 aliphatic heterocycles. The number of rotatable bonds is 5. The Hall–Kier alpha value is -3.18. The first-order valence-electron chi connectivity index (χ1n) is 10.4. The van der Waals surface area contributed by atoms with Gasteiger partial charge in [-0.25, -0.2) is 17.2 Å². The van der Waals surface area contributed by atoms with Gasteiger partial charge >= 0.3 is 0 Å². The molecule has 11 heteroatoms. The van der Waals surface area contributed by atoms with E-state index in [-0.39, 0.29) is 44.1 Å². The second kappa shape index (κ2) is 8.99. The topological polar surface area (TPSA) is 90.4 Å². The highest BCUT2D eigenvalue weighted by Gasteiger charge is 2.38. The van der Waals surface area contributed by atoms with E-state index >= 15 is 0 Å². The van der Waals surface area contributed by atoms with Gasteiger partial charge in [-0.3, -0.25) is 14.6 Å². The largest absolute Gasteiger partial charge is 0.335 e. The third-order valence-corrected chi connectivity index (χ3v) is 7.64. The zero-order chi connectivity index (χ0) is 23.8. The predicted molar refractivity (Wildman–Crippen MR) is 117 cm³/mol. The van der Waals surface area contributed by atoms with Gasteiger partial charge in [-0.1, -0.05) is 24.3 Å². The average Bonchev–Trinajstić information content (AvgIpc) is 3.25. The molecule has 1 saturated heterocycles. The molecule has 1 unspecified atom stereocenters. The lowest BCUT2D eigenvalue weighted by molar-refractivity contribution is -0.125. The number of sulfonamides is 1. The second-order valence-electron chi connectivity index (χ2n) is 7.80. The van der Waals surface area contributed by atoms with Crippen molar-refractivity contribution in [3.8, 4) is 0 Å². The third-order valence-electron chi connectivity index (χ3n) is 5.69. The van der Waals surface area contributed by atoms with Gasteiger partial charge < -0.3 is 4.90 Å². The van der Waals surface area contributed by atoms with Gasteiger partial charge in [0.1, 0.15) is 23.4 Å². The number of ketones is 1. The number of carbonyl (C=O) groups is 2. The number of nitrogens with zero attached hydrogens (tertiary/aromatic N) is 4. The number of Topliss-reactive ketones (excluding diaryl/α,β-unsaturated/α-hetero) is 1. The van der Waals surface area contributed by atoms with Crippen molar-refractivity contribution in [2.24, 2.45) is 5.10 Å². The van der Waals surface area contributed by atoms with Crippen molar-refractivity contribution in [3.05, 3.63) is 60.2 Å². The van der Waals surface area contributed by atoms with Crippen LogP contribution in [-0.2, 0) is 19.6 Å². The van der Waals surface area contributed by atoms with Gasteiger partial charge in [0.2, 0.25) is 10.0 Å². The van der Waals surface area contributed by atoms with E-state index in [1.165, 1.54) is 16.8 Å². The minimum atomic E-state index is -4.39. The monoisotopic (exact) mass is 476 g/mol. The number of para-hydroxylation sites is 1. The van der Waals surface area contributed by atoms with E-state index in [0.29, 0.717) is 5.69 Å². The lowest BCUT2D eigenvalue weighted by Crippen LogP contribution is -2.52. The first-order chi connectivity index (χ1) is 15.7. The lowest BCUT2D eigenvalue weighted by Gasteiger charge is -2.34. The van der Waals surface area contributed by atoms with Gasteiger partial charge in [0.05, 0.1) is 5.69 Å². The molecule has 2 aliphatic rings. The van der Waals surface area contributed by atoms with E-state index in [1.54, 1.807) is 24.3 Å². The molecule has 4 rings (SSSR count). The summed E-state index contributed by atoms with van der Waals surface area (Å²) >= 11 is 0. The molecule has 8 nitrogen and oxygen atoms in total. The summed E-state index contributed by atoms with van der Waals surface area (Å²) in [5.41, 5.74) is 0.888. The molecule has 1 amide bonds. The Balaban J connectivity index is 1.48. The van der Waals surface area contributed by atoms with E-state index in [0.717, 1.165) is 22.5 Å². The Kier molecular flexibility index (Phi) is 6.26. The van der Waals surface area contributed by atoms with Crippen LogP contribution in [0.2, 0.25) is 0 Å². The summed E-state index contributed by atoms with van der Waals surface area (Å²) in [5, 5.41) is 5.91. The van der Waals surface area contributed by atoms with Crippen LogP contribution in [0.1, 0.15) is 13.3 Å². The van der Waals surface area contributed by atoms with Gasteiger partial charge in [0, 0.05) is 32.6 Å². The fourth-order valence-corrected chi connectivity index (χ4v) is 5.48. The highest BCUT2D eigenvalue weighted by atomic mass is 32.2. The number of carbonyl (C=O) groups excluding carboxylic acids is 2. The molecule has 0 radical (unpaired) electrons. The maximum absolute atomic E-state index is 14.0. The molecule has 0 bridgehead atoms. The summed E-state index contributed by atoms with van der Waals surface area (Å²) in [6, 6.07) is 11.3. The number of hydrogen-bond acceptors (Lipinski definition) is 6. The van der Waals surface area contributed by atoms with E-state index in [4.69, 9.17) is 0 Å². The Morgan fingerprint density at radius 1 is 0.939 bits per heavy atom. The minimum Gasteiger partial charge on any atom is -0.335 e. The summed E-state index contributed by atoms with van der Waals surface area (Å²) < 4.78 is 54.5. The van der Waals surface area contributed by atoms with E-state index in [2.05, 4.69) is 5.10 Å². The Morgan fingerprint density at radius 3 is 2.12 bits per heavy atom. The first kappa shape index (κ1) is 23.0. The van der Waals surface area contributed by atoms with Crippen molar-refractivity contribution in [1.29, 1.82) is 0 Å². The Bertz CT molecular complexity index is 1190. The summed E-state index contributed by atoms with van der Waals surface area (Å²) in [5.74, 6) is -2.85. The van der Waals surface area contributed by atoms with E-state index in [9.17, 15) is 26.8 Å². The zero-order valence-electron chi connectivity index (χ0n) is 17.8. The third kappa shape index (κ3) is 4.38. The maximum atomic E-state index is 14.0. The highest BCUT2D eigenvalue weighted by molar-refractivity contribution is 7.89. The van der Waals surface area contributed by atoms with E-state index < -0.39 is 38.5 Å². The SMILES string of the molecule is CC(=O)C1CC(C(=O)N2CCN(S(=O)(=O)c3c(F)cccc3F)CC2)=NN1c1ccccc1. The molecular weight excluding hydrogens is 454 g/mol. The highest BCUT2D eigenvalue weighted by Crippen LogP contribution is 2.27. The summed E-state index contributed by atoms with van der Waals surface area (Å²) in [6.45, 7) is 1.27. The molecule has 33 heavy (non-hydrogen) atoms. The molecule has 0 aliphatic carbocycles. The number of halogens is 2. The molecule has 0 N–H and O–H groups in total. The lowest BCUT2D eigenvalue weighted by atomic mass is 10.1. The molecule has 174 valence electrons. The fraction of sp³-hybridized carbons (Fsp3) is 0.318. The number of amides is 1. The molecule has 0 spiro atoms. The van der Waals surface area contributed by atoms with Crippen molar-refractivity contribution >= 4 is 33.1 Å². The Morgan fingerprint density at radius 2 is 1.55 bits per heavy atom. The normalized spacial score (nSPS) is 19.5. The second-order valence-corrected chi connectivity index (χ2v) is 9.68. The number of hydrogen-bond donors (Lipinski definition) is 0. The van der Waals surface area contributed by atoms with Crippen LogP contribution in [0, 0.1) is 11.6 Å². The van der Waals surface area contributed by atoms with Gasteiger partial charge in [-0.05, 0) is 31.2 Å². The van der Waals surface area contributed by atoms with Crippen molar-refractivity contribution in [2.75, 3.05) is 31.2 Å². The van der Waals surface area contributed by atoms with E-state index in [1.807, 2.05) is 6.07 Å². The van der Waals surface area contributed by atoms with Crippen LogP contribution >= 0.6 is 0 Å². The molecule has 0 saturated carbocycles. The first-order valence-corrected chi connectivity index (χ1v) is 11.8. The smallest absolute Gasteiger partial charge is 0.270 e. The molecule has 2 aromatic carbocycles. The zero-order valence-corrected chi connectivity index (χ0v) is 18.6. The summed E-state index contributed by atoms with van der Waals surface area (Å²) in [7, 11) is -4.39. The number of benzene rings is 2. The van der Waals surface area contributed by atoms with Gasteiger partial charge in [-0.2, -0.15) is 9.41 Å².